The van der Waals surface area contributed by atoms with Crippen molar-refractivity contribution in [3.05, 3.63) is 241 Å². The number of hydrogen-bond donors (Lipinski definition) is 0. The van der Waals surface area contributed by atoms with Gasteiger partial charge < -0.3 is 18.3 Å². The maximum Gasteiger partial charge on any atom is 0.160 e. The third-order valence-corrected chi connectivity index (χ3v) is 14.4. The first kappa shape index (κ1) is 34.9. The van der Waals surface area contributed by atoms with E-state index in [1.165, 1.54) is 44.5 Å². The fourth-order valence-electron chi connectivity index (χ4n) is 11.8. The molecule has 0 amide bonds. The van der Waals surface area contributed by atoms with Crippen LogP contribution in [0, 0.1) is 0 Å². The number of fused-ring (bicyclic) bond motifs is 20. The molecule has 1 spiro atoms. The minimum absolute atomic E-state index is 0.476. The maximum absolute atomic E-state index is 6.78. The summed E-state index contributed by atoms with van der Waals surface area (Å²) in [6.07, 6.45) is 0. The Morgan fingerprint density at radius 1 is 0.369 bits per heavy atom. The fourth-order valence-corrected chi connectivity index (χ4v) is 11.8. The summed E-state index contributed by atoms with van der Waals surface area (Å²) < 4.78 is 15.6. The molecule has 0 fully saturated rings. The molecule has 0 bridgehead atoms. The Balaban J connectivity index is 1.05. The number of benzene rings is 10. The molecule has 0 saturated carbocycles. The minimum atomic E-state index is -0.476. The van der Waals surface area contributed by atoms with Crippen molar-refractivity contribution in [2.24, 2.45) is 0 Å². The van der Waals surface area contributed by atoms with Crippen molar-refractivity contribution in [3.63, 3.8) is 0 Å². The maximum atomic E-state index is 6.78. The quantitative estimate of drug-likeness (QED) is 0.177. The molecule has 65 heavy (non-hydrogen) atoms. The van der Waals surface area contributed by atoms with E-state index in [9.17, 15) is 0 Å². The van der Waals surface area contributed by atoms with Gasteiger partial charge >= 0.3 is 0 Å². The molecule has 2 aliphatic rings. The lowest BCUT2D eigenvalue weighted by Crippen LogP contribution is -2.26. The number of furan rings is 2. The van der Waals surface area contributed by atoms with Crippen molar-refractivity contribution >= 4 is 82.7 Å². The Hall–Kier alpha value is -8.60. The van der Waals surface area contributed by atoms with E-state index in [1.807, 2.05) is 12.1 Å². The summed E-state index contributed by atoms with van der Waals surface area (Å²) in [5.41, 5.74) is 19.9. The molecule has 0 unspecified atom stereocenters. The molecular weight excluding hydrogens is 793 g/mol. The highest BCUT2D eigenvalue weighted by molar-refractivity contribution is 6.22. The standard InChI is InChI=1S/C61H36N2O2/c1-2-15-37(16-3-1)63-53-33-29-38(35-47(53)44-31-32-45-42-19-7-13-28-56(42)65-60(45)59(44)63)62(39-30-34-57-48(36-39)43-20-8-12-27-55(43)64-57)54-26-14-25-52-58(54)46-21-6-11-24-51(46)61(52)49-22-9-4-17-40(49)41-18-5-10-23-50(41)61/h1-36H. The highest BCUT2D eigenvalue weighted by Crippen LogP contribution is 2.64. The molecule has 0 atom stereocenters. The van der Waals surface area contributed by atoms with Crippen molar-refractivity contribution in [1.29, 1.82) is 0 Å². The van der Waals surface area contributed by atoms with Crippen molar-refractivity contribution in [1.82, 2.24) is 4.57 Å². The highest BCUT2D eigenvalue weighted by atomic mass is 16.3. The van der Waals surface area contributed by atoms with Crippen LogP contribution in [0.4, 0.5) is 17.1 Å². The summed E-state index contributed by atoms with van der Waals surface area (Å²) in [6.45, 7) is 0. The SMILES string of the molecule is c1ccc(-n2c3ccc(N(c4ccc5oc6ccccc6c5c4)c4cccc5c4-c4ccccc4C54c5ccccc5-c5ccccc54)cc3c3ccc4c5ccccc5oc4c32)cc1. The first-order valence-electron chi connectivity index (χ1n) is 22.3. The van der Waals surface area contributed by atoms with Gasteiger partial charge in [0, 0.05) is 54.9 Å². The van der Waals surface area contributed by atoms with E-state index in [-0.39, 0.29) is 0 Å². The normalized spacial score (nSPS) is 13.4. The predicted octanol–water partition coefficient (Wildman–Crippen LogP) is 16.4. The first-order valence-corrected chi connectivity index (χ1v) is 22.3. The lowest BCUT2D eigenvalue weighted by molar-refractivity contribution is 0.669. The second-order valence-electron chi connectivity index (χ2n) is 17.5. The second kappa shape index (κ2) is 12.7. The molecule has 0 saturated heterocycles. The van der Waals surface area contributed by atoms with Crippen molar-refractivity contribution in [3.8, 4) is 27.9 Å². The number of aromatic nitrogens is 1. The van der Waals surface area contributed by atoms with Gasteiger partial charge in [-0.05, 0) is 112 Å². The lowest BCUT2D eigenvalue weighted by Gasteiger charge is -2.32. The van der Waals surface area contributed by atoms with Gasteiger partial charge in [-0.2, -0.15) is 0 Å². The molecule has 15 rings (SSSR count). The fraction of sp³-hybridized carbons (Fsp3) is 0.0164. The summed E-state index contributed by atoms with van der Waals surface area (Å²) in [5.74, 6) is 0. The third-order valence-electron chi connectivity index (χ3n) is 14.4. The van der Waals surface area contributed by atoms with Gasteiger partial charge in [0.05, 0.1) is 22.1 Å². The Kier molecular flexibility index (Phi) is 6.85. The van der Waals surface area contributed by atoms with Crippen LogP contribution >= 0.6 is 0 Å². The van der Waals surface area contributed by atoms with Crippen LogP contribution in [0.5, 0.6) is 0 Å². The van der Waals surface area contributed by atoms with E-state index in [0.29, 0.717) is 0 Å². The highest BCUT2D eigenvalue weighted by Gasteiger charge is 2.52. The van der Waals surface area contributed by atoms with E-state index in [1.54, 1.807) is 0 Å². The zero-order valence-electron chi connectivity index (χ0n) is 35.0. The molecule has 4 heteroatoms. The molecule has 2 aliphatic carbocycles. The number of para-hydroxylation sites is 3. The molecule has 0 aliphatic heterocycles. The summed E-state index contributed by atoms with van der Waals surface area (Å²) >= 11 is 0. The molecule has 302 valence electrons. The van der Waals surface area contributed by atoms with Crippen LogP contribution in [0.1, 0.15) is 22.3 Å². The summed E-state index contributed by atoms with van der Waals surface area (Å²) in [7, 11) is 0. The topological polar surface area (TPSA) is 34.5 Å². The molecule has 4 nitrogen and oxygen atoms in total. The number of rotatable bonds is 4. The molecule has 13 aromatic rings. The van der Waals surface area contributed by atoms with Crippen LogP contribution in [-0.2, 0) is 5.41 Å². The summed E-state index contributed by atoms with van der Waals surface area (Å²) in [4.78, 5) is 2.48. The zero-order chi connectivity index (χ0) is 42.4. The molecule has 10 aromatic carbocycles. The van der Waals surface area contributed by atoms with Gasteiger partial charge in [-0.25, -0.2) is 0 Å². The monoisotopic (exact) mass is 828 g/mol. The van der Waals surface area contributed by atoms with Crippen LogP contribution < -0.4 is 4.90 Å². The van der Waals surface area contributed by atoms with Crippen LogP contribution in [0.15, 0.2) is 227 Å². The van der Waals surface area contributed by atoms with Crippen LogP contribution in [0.2, 0.25) is 0 Å². The Morgan fingerprint density at radius 3 is 1.68 bits per heavy atom. The van der Waals surface area contributed by atoms with E-state index in [0.717, 1.165) is 88.4 Å². The number of hydrogen-bond acceptors (Lipinski definition) is 3. The van der Waals surface area contributed by atoms with E-state index >= 15 is 0 Å². The van der Waals surface area contributed by atoms with E-state index in [4.69, 9.17) is 8.83 Å². The number of nitrogens with zero attached hydrogens (tertiary/aromatic N) is 2. The summed E-state index contributed by atoms with van der Waals surface area (Å²) in [5, 5.41) is 6.69. The lowest BCUT2D eigenvalue weighted by atomic mass is 9.70. The van der Waals surface area contributed by atoms with Crippen molar-refractivity contribution < 1.29 is 8.83 Å². The van der Waals surface area contributed by atoms with Gasteiger partial charge in [-0.1, -0.05) is 146 Å². The molecule has 0 radical (unpaired) electrons. The Morgan fingerprint density at radius 2 is 0.923 bits per heavy atom. The average Bonchev–Trinajstić information content (AvgIpc) is 4.16. The minimum Gasteiger partial charge on any atom is -0.456 e. The van der Waals surface area contributed by atoms with Crippen molar-refractivity contribution in [2.45, 2.75) is 5.41 Å². The molecule has 3 aromatic heterocycles. The van der Waals surface area contributed by atoms with Gasteiger partial charge in [0.25, 0.3) is 0 Å². The largest absolute Gasteiger partial charge is 0.456 e. The van der Waals surface area contributed by atoms with Gasteiger partial charge in [-0.15, -0.1) is 0 Å². The molecule has 0 N–H and O–H groups in total. The van der Waals surface area contributed by atoms with Gasteiger partial charge in [0.15, 0.2) is 5.58 Å². The predicted molar refractivity (Wildman–Crippen MR) is 266 cm³/mol. The van der Waals surface area contributed by atoms with Gasteiger partial charge in [0.2, 0.25) is 0 Å². The van der Waals surface area contributed by atoms with Crippen LogP contribution in [0.3, 0.4) is 0 Å². The molecular formula is C61H36N2O2. The van der Waals surface area contributed by atoms with Gasteiger partial charge in [-0.3, -0.25) is 0 Å². The Bertz CT molecular complexity index is 4100. The zero-order valence-corrected chi connectivity index (χ0v) is 35.0. The Labute approximate surface area is 373 Å². The third kappa shape index (κ3) is 4.50. The smallest absolute Gasteiger partial charge is 0.160 e. The van der Waals surface area contributed by atoms with Gasteiger partial charge in [0.1, 0.15) is 16.7 Å². The average molecular weight is 829 g/mol. The van der Waals surface area contributed by atoms with E-state index in [2.05, 4.69) is 216 Å². The molecule has 3 heterocycles. The second-order valence-corrected chi connectivity index (χ2v) is 17.5. The van der Waals surface area contributed by atoms with E-state index < -0.39 is 5.41 Å². The van der Waals surface area contributed by atoms with Crippen LogP contribution in [-0.4, -0.2) is 4.57 Å². The van der Waals surface area contributed by atoms with Crippen LogP contribution in [0.25, 0.3) is 93.6 Å². The number of anilines is 3. The summed E-state index contributed by atoms with van der Waals surface area (Å²) in [6, 6.07) is 79.6. The first-order chi connectivity index (χ1) is 32.3. The van der Waals surface area contributed by atoms with Crippen molar-refractivity contribution in [2.75, 3.05) is 4.90 Å².